The Kier molecular flexibility index (Phi) is 4.44. The van der Waals surface area contributed by atoms with Crippen molar-refractivity contribution in [1.29, 1.82) is 0 Å². The Morgan fingerprint density at radius 2 is 1.77 bits per heavy atom. The summed E-state index contributed by atoms with van der Waals surface area (Å²) >= 11 is 0. The SMILES string of the molecule is CCc1ccc2c(c1)S(OS(=O)(=O)C(F)(F)F)(C(F)(F)F)C(C1CC1)=C2. The number of hydrogen-bond donors (Lipinski definition) is 0. The second kappa shape index (κ2) is 5.90. The first kappa shape index (κ1) is 19.6. The van der Waals surface area contributed by atoms with Crippen LogP contribution in [0.15, 0.2) is 28.0 Å². The second-order valence-corrected chi connectivity index (χ2v) is 10.4. The monoisotopic (exact) mass is 420 g/mol. The highest BCUT2D eigenvalue weighted by Gasteiger charge is 2.65. The molecule has 11 heteroatoms. The van der Waals surface area contributed by atoms with Crippen molar-refractivity contribution in [2.75, 3.05) is 0 Å². The van der Waals surface area contributed by atoms with Crippen molar-refractivity contribution in [3.05, 3.63) is 34.2 Å². The highest BCUT2D eigenvalue weighted by Crippen LogP contribution is 2.81. The van der Waals surface area contributed by atoms with Crippen LogP contribution in [0.25, 0.3) is 6.08 Å². The minimum atomic E-state index is -6.45. The molecule has 1 fully saturated rings. The average Bonchev–Trinajstić information content (AvgIpc) is 3.28. The molecule has 0 spiro atoms. The predicted octanol–water partition coefficient (Wildman–Crippen LogP) is 5.48. The van der Waals surface area contributed by atoms with Crippen molar-refractivity contribution in [3.63, 3.8) is 0 Å². The van der Waals surface area contributed by atoms with Crippen molar-refractivity contribution in [2.45, 2.75) is 42.1 Å². The van der Waals surface area contributed by atoms with Gasteiger partial charge in [-0.1, -0.05) is 19.1 Å². The zero-order chi connectivity index (χ0) is 19.5. The van der Waals surface area contributed by atoms with E-state index >= 15 is 0 Å². The van der Waals surface area contributed by atoms with Gasteiger partial charge in [-0.05, 0) is 48.4 Å². The molecule has 0 bridgehead atoms. The predicted molar refractivity (Wildman–Crippen MR) is 84.5 cm³/mol. The molecule has 1 aliphatic carbocycles. The summed E-state index contributed by atoms with van der Waals surface area (Å²) in [5.41, 5.74) is -10.8. The second-order valence-electron chi connectivity index (χ2n) is 6.02. The van der Waals surface area contributed by atoms with Gasteiger partial charge in [0.25, 0.3) is 0 Å². The number of alkyl halides is 6. The standard InChI is InChI=1S/C15H14F6O3S2/c1-2-9-3-4-11-8-13(10-5-6-10)25(12(11)7-9,14(16,17)18)24-26(22,23)15(19,20)21/h3-4,7-8,10H,2,5-6H2,1H3. The van der Waals surface area contributed by atoms with Crippen LogP contribution in [0, 0.1) is 5.92 Å². The van der Waals surface area contributed by atoms with E-state index in [4.69, 9.17) is 0 Å². The number of hydrogen-bond acceptors (Lipinski definition) is 3. The van der Waals surface area contributed by atoms with Crippen LogP contribution in [-0.4, -0.2) is 19.4 Å². The topological polar surface area (TPSA) is 43.4 Å². The largest absolute Gasteiger partial charge is 0.523 e. The molecular formula is C15H14F6O3S2. The fourth-order valence-electron chi connectivity index (χ4n) is 2.80. The van der Waals surface area contributed by atoms with E-state index in [9.17, 15) is 34.8 Å². The lowest BCUT2D eigenvalue weighted by molar-refractivity contribution is -0.0546. The van der Waals surface area contributed by atoms with Gasteiger partial charge >= 0.3 is 21.1 Å². The molecule has 0 radical (unpaired) electrons. The first-order valence-electron chi connectivity index (χ1n) is 7.60. The molecular weight excluding hydrogens is 406 g/mol. The fourth-order valence-corrected chi connectivity index (χ4v) is 7.64. The molecule has 1 saturated carbocycles. The van der Waals surface area contributed by atoms with Crippen LogP contribution < -0.4 is 0 Å². The Bertz CT molecular complexity index is 868. The first-order chi connectivity index (χ1) is 11.8. The third-order valence-corrected chi connectivity index (χ3v) is 9.05. The van der Waals surface area contributed by atoms with E-state index in [-0.39, 0.29) is 5.56 Å². The van der Waals surface area contributed by atoms with Gasteiger partial charge in [-0.3, -0.25) is 0 Å². The summed E-state index contributed by atoms with van der Waals surface area (Å²) in [5.74, 6) is -0.632. The molecule has 1 atom stereocenters. The Morgan fingerprint density at radius 1 is 1.15 bits per heavy atom. The quantitative estimate of drug-likeness (QED) is 0.479. The average molecular weight is 420 g/mol. The van der Waals surface area contributed by atoms with Gasteiger partial charge in [0.15, 0.2) is 0 Å². The summed E-state index contributed by atoms with van der Waals surface area (Å²) in [4.78, 5) is -0.930. The summed E-state index contributed by atoms with van der Waals surface area (Å²) in [7, 11) is -11.3. The van der Waals surface area contributed by atoms with Gasteiger partial charge in [0.1, 0.15) is 0 Å². The van der Waals surface area contributed by atoms with Gasteiger partial charge < -0.3 is 0 Å². The minimum absolute atomic E-state index is 0.0498. The van der Waals surface area contributed by atoms with Crippen LogP contribution in [0.2, 0.25) is 0 Å². The number of benzene rings is 1. The van der Waals surface area contributed by atoms with Crippen LogP contribution in [-0.2, 0) is 20.2 Å². The van der Waals surface area contributed by atoms with Gasteiger partial charge in [-0.2, -0.15) is 38.4 Å². The van der Waals surface area contributed by atoms with Crippen LogP contribution in [0.1, 0.15) is 30.9 Å². The Labute approximate surface area is 147 Å². The Hall–Kier alpha value is -1.20. The van der Waals surface area contributed by atoms with E-state index in [2.05, 4.69) is 3.63 Å². The van der Waals surface area contributed by atoms with Crippen LogP contribution >= 0.6 is 10.3 Å². The van der Waals surface area contributed by atoms with E-state index in [1.54, 1.807) is 13.0 Å². The van der Waals surface area contributed by atoms with Crippen molar-refractivity contribution < 1.29 is 38.4 Å². The van der Waals surface area contributed by atoms with Crippen molar-refractivity contribution in [2.24, 2.45) is 5.92 Å². The first-order valence-corrected chi connectivity index (χ1v) is 10.6. The number of fused-ring (bicyclic) bond motifs is 1. The summed E-state index contributed by atoms with van der Waals surface area (Å²) in [6.07, 6.45) is 2.17. The lowest BCUT2D eigenvalue weighted by atomic mass is 10.1. The molecule has 1 aromatic rings. The highest BCUT2D eigenvalue weighted by molar-refractivity contribution is 8.37. The van der Waals surface area contributed by atoms with Gasteiger partial charge in [0, 0.05) is 20.1 Å². The zero-order valence-corrected chi connectivity index (χ0v) is 15.0. The molecule has 1 unspecified atom stereocenters. The lowest BCUT2D eigenvalue weighted by Gasteiger charge is -2.39. The molecule has 0 N–H and O–H groups in total. The molecule has 3 nitrogen and oxygen atoms in total. The normalized spacial score (nSPS) is 26.2. The van der Waals surface area contributed by atoms with Gasteiger partial charge in [0.2, 0.25) is 0 Å². The highest BCUT2D eigenvalue weighted by atomic mass is 32.3. The third kappa shape index (κ3) is 2.93. The summed E-state index contributed by atoms with van der Waals surface area (Å²) < 4.78 is 108. The van der Waals surface area contributed by atoms with E-state index in [1.807, 2.05) is 0 Å². The number of halogens is 6. The Morgan fingerprint density at radius 3 is 2.23 bits per heavy atom. The Balaban J connectivity index is 2.27. The van der Waals surface area contributed by atoms with Gasteiger partial charge in [-0.25, -0.2) is 0 Å². The maximum Gasteiger partial charge on any atom is 0.523 e. The van der Waals surface area contributed by atoms with Crippen LogP contribution in [0.3, 0.4) is 0 Å². The molecule has 146 valence electrons. The maximum absolute atomic E-state index is 14.1. The fraction of sp³-hybridized carbons (Fsp3) is 0.467. The molecule has 0 saturated heterocycles. The van der Waals surface area contributed by atoms with Crippen molar-refractivity contribution >= 4 is 26.5 Å². The van der Waals surface area contributed by atoms with E-state index < -0.39 is 47.2 Å². The van der Waals surface area contributed by atoms with E-state index in [1.165, 1.54) is 6.07 Å². The third-order valence-electron chi connectivity index (χ3n) is 4.21. The van der Waals surface area contributed by atoms with E-state index in [0.717, 1.165) is 12.1 Å². The van der Waals surface area contributed by atoms with Crippen LogP contribution in [0.4, 0.5) is 26.3 Å². The van der Waals surface area contributed by atoms with Crippen molar-refractivity contribution in [3.8, 4) is 0 Å². The smallest absolute Gasteiger partial charge is 0.196 e. The molecule has 1 aromatic carbocycles. The van der Waals surface area contributed by atoms with E-state index in [0.29, 0.717) is 24.8 Å². The molecule has 3 rings (SSSR count). The minimum Gasteiger partial charge on any atom is -0.196 e. The summed E-state index contributed by atoms with van der Waals surface area (Å²) in [5, 5.41) is 0. The zero-order valence-electron chi connectivity index (χ0n) is 13.3. The van der Waals surface area contributed by atoms with Gasteiger partial charge in [0.05, 0.1) is 0 Å². The number of allylic oxidation sites excluding steroid dienone is 1. The molecule has 0 aromatic heterocycles. The molecule has 26 heavy (non-hydrogen) atoms. The van der Waals surface area contributed by atoms with Crippen LogP contribution in [0.5, 0.6) is 0 Å². The molecule has 1 heterocycles. The lowest BCUT2D eigenvalue weighted by Crippen LogP contribution is -2.32. The number of aryl methyl sites for hydroxylation is 1. The summed E-state index contributed by atoms with van der Waals surface area (Å²) in [6, 6.07) is 4.03. The number of rotatable bonds is 4. The van der Waals surface area contributed by atoms with Crippen molar-refractivity contribution in [1.82, 2.24) is 0 Å². The maximum atomic E-state index is 14.1. The van der Waals surface area contributed by atoms with Gasteiger partial charge in [-0.15, -0.1) is 0 Å². The molecule has 0 amide bonds. The molecule has 2 aliphatic rings. The molecule has 1 aliphatic heterocycles. The summed E-state index contributed by atoms with van der Waals surface area (Å²) in [6.45, 7) is 1.67.